The molecule has 0 bridgehead atoms. The van der Waals surface area contributed by atoms with Gasteiger partial charge in [0.05, 0.1) is 12.1 Å². The van der Waals surface area contributed by atoms with Crippen LogP contribution in [0.15, 0.2) is 23.1 Å². The average Bonchev–Trinajstić information content (AvgIpc) is 2.27. The van der Waals surface area contributed by atoms with Crippen molar-refractivity contribution in [3.05, 3.63) is 28.8 Å². The Balaban J connectivity index is 2.56. The third-order valence-corrected chi connectivity index (χ3v) is 4.64. The van der Waals surface area contributed by atoms with Gasteiger partial charge in [0, 0.05) is 15.7 Å². The Labute approximate surface area is 106 Å². The van der Waals surface area contributed by atoms with Crippen molar-refractivity contribution in [2.75, 3.05) is 26.5 Å². The van der Waals surface area contributed by atoms with E-state index < -0.39 is 0 Å². The van der Waals surface area contributed by atoms with Gasteiger partial charge in [-0.25, -0.2) is 0 Å². The maximum absolute atomic E-state index is 9.76. The Kier molecular flexibility index (Phi) is 3.50. The van der Waals surface area contributed by atoms with Crippen molar-refractivity contribution >= 4 is 23.4 Å². The second kappa shape index (κ2) is 4.57. The Hall–Kier alpha value is -0.220. The predicted molar refractivity (Wildman–Crippen MR) is 69.2 cm³/mol. The first-order chi connectivity index (χ1) is 7.60. The summed E-state index contributed by atoms with van der Waals surface area (Å²) in [5.74, 6) is 1.04. The van der Waals surface area contributed by atoms with Gasteiger partial charge >= 0.3 is 0 Å². The highest BCUT2D eigenvalue weighted by Crippen LogP contribution is 2.43. The minimum atomic E-state index is -0.272. The number of aliphatic hydroxyl groups is 1. The van der Waals surface area contributed by atoms with E-state index in [4.69, 9.17) is 11.6 Å². The van der Waals surface area contributed by atoms with Crippen LogP contribution in [-0.2, 0) is 5.54 Å². The minimum Gasteiger partial charge on any atom is -0.394 e. The summed E-state index contributed by atoms with van der Waals surface area (Å²) >= 11 is 7.89. The van der Waals surface area contributed by atoms with E-state index in [0.717, 1.165) is 22.8 Å². The summed E-state index contributed by atoms with van der Waals surface area (Å²) in [7, 11) is 4.02. The number of nitrogens with zero attached hydrogens (tertiary/aromatic N) is 1. The van der Waals surface area contributed by atoms with Crippen molar-refractivity contribution in [2.24, 2.45) is 0 Å². The van der Waals surface area contributed by atoms with Gasteiger partial charge in [0.25, 0.3) is 0 Å². The fourth-order valence-electron chi connectivity index (χ4n) is 2.23. The molecule has 0 amide bonds. The lowest BCUT2D eigenvalue weighted by molar-refractivity contribution is 0.0595. The molecule has 0 spiro atoms. The molecule has 1 aliphatic heterocycles. The number of hydrogen-bond donors (Lipinski definition) is 1. The number of thioether (sulfide) groups is 1. The number of likely N-dealkylation sites (N-methyl/N-ethyl adjacent to an activating group) is 1. The largest absolute Gasteiger partial charge is 0.394 e. The summed E-state index contributed by atoms with van der Waals surface area (Å²) < 4.78 is 0. The van der Waals surface area contributed by atoms with Crippen LogP contribution < -0.4 is 0 Å². The van der Waals surface area contributed by atoms with Crippen molar-refractivity contribution < 1.29 is 5.11 Å². The average molecular weight is 258 g/mol. The molecule has 0 fully saturated rings. The summed E-state index contributed by atoms with van der Waals surface area (Å²) in [6, 6.07) is 5.95. The van der Waals surface area contributed by atoms with Gasteiger partial charge in [0.15, 0.2) is 0 Å². The summed E-state index contributed by atoms with van der Waals surface area (Å²) in [6.07, 6.45) is 0.953. The number of fused-ring (bicyclic) bond motifs is 1. The molecule has 1 atom stereocenters. The Morgan fingerprint density at radius 3 is 2.88 bits per heavy atom. The van der Waals surface area contributed by atoms with Crippen LogP contribution in [0, 0.1) is 0 Å². The summed E-state index contributed by atoms with van der Waals surface area (Å²) in [6.45, 7) is 0.133. The lowest BCUT2D eigenvalue weighted by atomic mass is 9.86. The van der Waals surface area contributed by atoms with E-state index >= 15 is 0 Å². The molecule has 0 radical (unpaired) electrons. The molecule has 1 N–H and O–H groups in total. The molecule has 1 heterocycles. The van der Waals surface area contributed by atoms with Crippen LogP contribution in [-0.4, -0.2) is 36.5 Å². The van der Waals surface area contributed by atoms with E-state index in [0.29, 0.717) is 0 Å². The van der Waals surface area contributed by atoms with E-state index in [2.05, 4.69) is 11.0 Å². The molecule has 0 saturated heterocycles. The van der Waals surface area contributed by atoms with Crippen molar-refractivity contribution in [1.82, 2.24) is 4.90 Å². The Morgan fingerprint density at radius 2 is 2.25 bits per heavy atom. The maximum atomic E-state index is 9.76. The molecule has 88 valence electrons. The number of benzene rings is 1. The Morgan fingerprint density at radius 1 is 1.50 bits per heavy atom. The lowest BCUT2D eigenvalue weighted by Crippen LogP contribution is -2.46. The second-order valence-corrected chi connectivity index (χ2v) is 5.90. The third-order valence-electron chi connectivity index (χ3n) is 3.33. The first kappa shape index (κ1) is 12.2. The third kappa shape index (κ3) is 1.86. The molecule has 0 aliphatic carbocycles. The highest BCUT2D eigenvalue weighted by atomic mass is 35.5. The van der Waals surface area contributed by atoms with E-state index in [1.165, 1.54) is 4.90 Å². The highest BCUT2D eigenvalue weighted by molar-refractivity contribution is 7.99. The normalized spacial score (nSPS) is 24.6. The summed E-state index contributed by atoms with van der Waals surface area (Å²) in [5.41, 5.74) is 0.884. The highest BCUT2D eigenvalue weighted by Gasteiger charge is 2.38. The van der Waals surface area contributed by atoms with Crippen LogP contribution in [0.3, 0.4) is 0 Å². The van der Waals surface area contributed by atoms with Crippen LogP contribution in [0.2, 0.25) is 5.02 Å². The van der Waals surface area contributed by atoms with Crippen LogP contribution in [0.4, 0.5) is 0 Å². The SMILES string of the molecule is CN(C)C1(CO)CCSc2ccc(Cl)cc21. The van der Waals surface area contributed by atoms with Crippen LogP contribution in [0.5, 0.6) is 0 Å². The number of rotatable bonds is 2. The first-order valence-corrected chi connectivity index (χ1v) is 6.67. The fraction of sp³-hybridized carbons (Fsp3) is 0.500. The molecule has 1 unspecified atom stereocenters. The fourth-order valence-corrected chi connectivity index (χ4v) is 3.63. The van der Waals surface area contributed by atoms with Crippen molar-refractivity contribution in [1.29, 1.82) is 0 Å². The number of halogens is 1. The molecule has 2 nitrogen and oxygen atoms in total. The quantitative estimate of drug-likeness (QED) is 0.881. The number of hydrogen-bond acceptors (Lipinski definition) is 3. The van der Waals surface area contributed by atoms with Gasteiger partial charge in [-0.3, -0.25) is 4.90 Å². The molecule has 0 saturated carbocycles. The van der Waals surface area contributed by atoms with Gasteiger partial charge < -0.3 is 5.11 Å². The Bertz CT molecular complexity index is 397. The monoisotopic (exact) mass is 257 g/mol. The molecule has 16 heavy (non-hydrogen) atoms. The molecular weight excluding hydrogens is 242 g/mol. The predicted octanol–water partition coefficient (Wildman–Crippen LogP) is 2.59. The van der Waals surface area contributed by atoms with Crippen molar-refractivity contribution in [3.63, 3.8) is 0 Å². The second-order valence-electron chi connectivity index (χ2n) is 4.32. The van der Waals surface area contributed by atoms with E-state index in [1.807, 2.05) is 38.0 Å². The molecular formula is C12H16ClNOS. The molecule has 1 aromatic rings. The van der Waals surface area contributed by atoms with Gasteiger partial charge in [0.1, 0.15) is 0 Å². The molecule has 2 rings (SSSR count). The molecule has 4 heteroatoms. The van der Waals surface area contributed by atoms with Crippen LogP contribution in [0.1, 0.15) is 12.0 Å². The molecule has 1 aromatic carbocycles. The van der Waals surface area contributed by atoms with Gasteiger partial charge in [-0.2, -0.15) is 0 Å². The topological polar surface area (TPSA) is 23.5 Å². The van der Waals surface area contributed by atoms with Crippen molar-refractivity contribution in [2.45, 2.75) is 16.9 Å². The number of aliphatic hydroxyl groups excluding tert-OH is 1. The lowest BCUT2D eigenvalue weighted by Gasteiger charge is -2.42. The van der Waals surface area contributed by atoms with Gasteiger partial charge in [-0.05, 0) is 44.3 Å². The van der Waals surface area contributed by atoms with Crippen LogP contribution >= 0.6 is 23.4 Å². The zero-order valence-corrected chi connectivity index (χ0v) is 11.1. The zero-order chi connectivity index (χ0) is 11.8. The van der Waals surface area contributed by atoms with E-state index in [-0.39, 0.29) is 12.1 Å². The van der Waals surface area contributed by atoms with Gasteiger partial charge in [0.2, 0.25) is 0 Å². The molecule has 0 aromatic heterocycles. The van der Waals surface area contributed by atoms with Gasteiger partial charge in [-0.15, -0.1) is 11.8 Å². The maximum Gasteiger partial charge on any atom is 0.0708 e. The first-order valence-electron chi connectivity index (χ1n) is 5.31. The van der Waals surface area contributed by atoms with Gasteiger partial charge in [-0.1, -0.05) is 11.6 Å². The summed E-state index contributed by atoms with van der Waals surface area (Å²) in [4.78, 5) is 3.33. The standard InChI is InChI=1S/C12H16ClNOS/c1-14(2)12(8-15)5-6-16-11-4-3-9(13)7-10(11)12/h3-4,7,15H,5-6,8H2,1-2H3. The van der Waals surface area contributed by atoms with E-state index in [9.17, 15) is 5.11 Å². The van der Waals surface area contributed by atoms with E-state index in [1.54, 1.807) is 0 Å². The molecule has 1 aliphatic rings. The van der Waals surface area contributed by atoms with Crippen molar-refractivity contribution in [3.8, 4) is 0 Å². The summed E-state index contributed by atoms with van der Waals surface area (Å²) in [5, 5.41) is 10.5. The zero-order valence-electron chi connectivity index (χ0n) is 9.53. The minimum absolute atomic E-state index is 0.133. The smallest absolute Gasteiger partial charge is 0.0708 e. The van der Waals surface area contributed by atoms with Crippen LogP contribution in [0.25, 0.3) is 0 Å².